The normalized spacial score (nSPS) is 10.5. The van der Waals surface area contributed by atoms with Gasteiger partial charge < -0.3 is 21.5 Å². The van der Waals surface area contributed by atoms with Crippen molar-refractivity contribution in [3.8, 4) is 0 Å². The first kappa shape index (κ1) is 35.1. The topological polar surface area (TPSA) is 225 Å². The lowest BCUT2D eigenvalue weighted by Gasteiger charge is -2.07. The van der Waals surface area contributed by atoms with Gasteiger partial charge in [-0.25, -0.2) is 23.5 Å². The number of nitrogens with one attached hydrogen (secondary N) is 2. The Morgan fingerprint density at radius 1 is 0.735 bits per heavy atom. The lowest BCUT2D eigenvalue weighted by molar-refractivity contribution is 0.0686. The molecule has 0 atom stereocenters. The predicted octanol–water partition coefficient (Wildman–Crippen LogP) is 2.44. The number of nitrogens with two attached hydrogens (primary N) is 1. The molecule has 252 valence electrons. The highest BCUT2D eigenvalue weighted by Crippen LogP contribution is 2.12. The number of aryl methyl sites for hydroxylation is 2. The third kappa shape index (κ3) is 7.99. The zero-order chi connectivity index (χ0) is 34.5. The molecule has 0 saturated carbocycles. The van der Waals surface area contributed by atoms with Crippen LogP contribution in [-0.4, -0.2) is 68.0 Å². The summed E-state index contributed by atoms with van der Waals surface area (Å²) >= 11 is 0. The molecule has 0 spiro atoms. The summed E-state index contributed by atoms with van der Waals surface area (Å²) in [7, 11) is 0. The number of benzene rings is 2. The van der Waals surface area contributed by atoms with E-state index in [0.717, 1.165) is 27.0 Å². The highest BCUT2D eigenvalue weighted by Gasteiger charge is 2.18. The van der Waals surface area contributed by atoms with Crippen molar-refractivity contribution in [2.24, 2.45) is 5.73 Å². The zero-order valence-corrected chi connectivity index (χ0v) is 25.2. The number of carbonyl (C=O) groups is 4. The van der Waals surface area contributed by atoms with Gasteiger partial charge >= 0.3 is 5.97 Å². The Morgan fingerprint density at radius 2 is 1.16 bits per heavy atom. The number of halogens is 2. The number of hydrogen-bond donors (Lipinski definition) is 4. The molecule has 2 aromatic carbocycles. The van der Waals surface area contributed by atoms with Gasteiger partial charge in [-0.3, -0.25) is 14.4 Å². The molecule has 5 N–H and O–H groups in total. The van der Waals surface area contributed by atoms with Crippen molar-refractivity contribution >= 4 is 35.2 Å². The van der Waals surface area contributed by atoms with Gasteiger partial charge in [0, 0.05) is 25.2 Å². The summed E-state index contributed by atoms with van der Waals surface area (Å²) < 4.78 is 28.7. The molecule has 4 aromatic heterocycles. The Kier molecular flexibility index (Phi) is 10.6. The van der Waals surface area contributed by atoms with Crippen LogP contribution in [0.5, 0.6) is 0 Å². The Hall–Kier alpha value is -6.72. The molecule has 0 aliphatic rings. The second-order valence-electron chi connectivity index (χ2n) is 10.2. The lowest BCUT2D eigenvalue weighted by atomic mass is 10.1. The average molecular weight is 674 g/mol. The molecule has 3 amide bonds. The molecule has 0 saturated heterocycles. The summed E-state index contributed by atoms with van der Waals surface area (Å²) in [5, 5.41) is 22.0. The summed E-state index contributed by atoms with van der Waals surface area (Å²) in [5.74, 6) is -3.61. The minimum Gasteiger partial charge on any atom is -0.477 e. The SMILES string of the molecule is C.Cc1cc(CNC(=O)c2cc(C(=O)O)n3ncnc3n2)ccc1F.Cc1cc(CNC(=O)c2cc(C(N)=O)n3ncnc3n2)ccc1F. The number of fused-ring (bicyclic) bond motifs is 2. The molecular formula is C31H29F2N11O5. The van der Waals surface area contributed by atoms with Crippen molar-refractivity contribution in [3.63, 3.8) is 0 Å². The van der Waals surface area contributed by atoms with Gasteiger partial charge in [0.15, 0.2) is 5.69 Å². The van der Waals surface area contributed by atoms with Gasteiger partial charge in [0.1, 0.15) is 41.4 Å². The number of rotatable bonds is 8. The maximum atomic E-state index is 13.2. The molecule has 49 heavy (non-hydrogen) atoms. The number of amides is 3. The van der Waals surface area contributed by atoms with E-state index < -0.39 is 23.7 Å². The van der Waals surface area contributed by atoms with Gasteiger partial charge in [-0.1, -0.05) is 31.7 Å². The van der Waals surface area contributed by atoms with Crippen LogP contribution in [0.25, 0.3) is 11.6 Å². The first-order chi connectivity index (χ1) is 22.9. The van der Waals surface area contributed by atoms with E-state index in [-0.39, 0.29) is 66.5 Å². The van der Waals surface area contributed by atoms with Crippen molar-refractivity contribution in [3.05, 3.63) is 118 Å². The second kappa shape index (κ2) is 14.8. The summed E-state index contributed by atoms with van der Waals surface area (Å²) in [6.07, 6.45) is 2.36. The van der Waals surface area contributed by atoms with Crippen LogP contribution in [0.3, 0.4) is 0 Å². The van der Waals surface area contributed by atoms with Crippen LogP contribution in [0, 0.1) is 25.5 Å². The van der Waals surface area contributed by atoms with E-state index in [9.17, 15) is 33.1 Å². The molecule has 0 aliphatic heterocycles. The van der Waals surface area contributed by atoms with E-state index >= 15 is 0 Å². The van der Waals surface area contributed by atoms with Crippen LogP contribution >= 0.6 is 0 Å². The summed E-state index contributed by atoms with van der Waals surface area (Å²) in [6, 6.07) is 11.4. The fourth-order valence-electron chi connectivity index (χ4n) is 4.36. The Morgan fingerprint density at radius 3 is 1.57 bits per heavy atom. The Labute approximate surface area is 276 Å². The molecule has 0 bridgehead atoms. The molecule has 6 aromatic rings. The van der Waals surface area contributed by atoms with Crippen LogP contribution in [-0.2, 0) is 13.1 Å². The first-order valence-electron chi connectivity index (χ1n) is 13.9. The molecule has 0 aliphatic carbocycles. The predicted molar refractivity (Wildman–Crippen MR) is 168 cm³/mol. The van der Waals surface area contributed by atoms with Crippen molar-refractivity contribution in [2.45, 2.75) is 34.4 Å². The number of carbonyl (C=O) groups excluding carboxylic acids is 3. The van der Waals surface area contributed by atoms with Gasteiger partial charge in [-0.15, -0.1) is 0 Å². The number of hydrogen-bond acceptors (Lipinski definition) is 10. The average Bonchev–Trinajstić information content (AvgIpc) is 3.74. The van der Waals surface area contributed by atoms with Crippen LogP contribution in [0.2, 0.25) is 0 Å². The van der Waals surface area contributed by atoms with Crippen molar-refractivity contribution in [2.75, 3.05) is 0 Å². The molecule has 0 fully saturated rings. The largest absolute Gasteiger partial charge is 0.477 e. The van der Waals surface area contributed by atoms with Gasteiger partial charge in [-0.05, 0) is 48.2 Å². The standard InChI is InChI=1S/C15H13FN6O2.C15H12FN5O3.CH4/c1-8-4-9(2-3-10(8)16)6-18-14(24)11-5-12(13(17)23)22-15(21-11)19-7-20-22;1-8-4-9(2-3-10(8)16)6-17-13(22)11-5-12(14(23)24)21-15(20-11)18-7-19-21;/h2-5,7H,6H2,1H3,(H2,17,23)(H,18,24);2-5,7H,6H2,1H3,(H,17,22)(H,23,24);1H4. The smallest absolute Gasteiger partial charge is 0.354 e. The molecule has 4 heterocycles. The summed E-state index contributed by atoms with van der Waals surface area (Å²) in [4.78, 5) is 62.9. The van der Waals surface area contributed by atoms with Crippen LogP contribution < -0.4 is 16.4 Å². The molecular weight excluding hydrogens is 644 g/mol. The molecule has 0 radical (unpaired) electrons. The third-order valence-corrected chi connectivity index (χ3v) is 6.79. The van der Waals surface area contributed by atoms with E-state index in [2.05, 4.69) is 40.8 Å². The van der Waals surface area contributed by atoms with Gasteiger partial charge in [0.05, 0.1) is 0 Å². The van der Waals surface area contributed by atoms with Crippen molar-refractivity contribution in [1.29, 1.82) is 0 Å². The number of aromatic nitrogens is 8. The zero-order valence-electron chi connectivity index (χ0n) is 25.2. The quantitative estimate of drug-likeness (QED) is 0.184. The van der Waals surface area contributed by atoms with Gasteiger partial charge in [0.25, 0.3) is 29.3 Å². The summed E-state index contributed by atoms with van der Waals surface area (Å²) in [5.41, 5.74) is 7.36. The monoisotopic (exact) mass is 673 g/mol. The maximum Gasteiger partial charge on any atom is 0.354 e. The fourth-order valence-corrected chi connectivity index (χ4v) is 4.36. The first-order valence-corrected chi connectivity index (χ1v) is 13.9. The van der Waals surface area contributed by atoms with Crippen LogP contribution in [0.1, 0.15) is 71.6 Å². The van der Waals surface area contributed by atoms with E-state index in [1.54, 1.807) is 38.1 Å². The van der Waals surface area contributed by atoms with E-state index in [4.69, 9.17) is 5.73 Å². The molecule has 16 nitrogen and oxygen atoms in total. The molecule has 18 heteroatoms. The number of aromatic carboxylic acids is 1. The van der Waals surface area contributed by atoms with Crippen molar-refractivity contribution < 1.29 is 33.1 Å². The van der Waals surface area contributed by atoms with E-state index in [1.165, 1.54) is 24.5 Å². The number of carboxylic acids is 1. The van der Waals surface area contributed by atoms with Gasteiger partial charge in [0.2, 0.25) is 0 Å². The third-order valence-electron chi connectivity index (χ3n) is 6.79. The fraction of sp³-hybridized carbons (Fsp3) is 0.161. The van der Waals surface area contributed by atoms with E-state index in [1.807, 2.05) is 0 Å². The van der Waals surface area contributed by atoms with Crippen LogP contribution in [0.15, 0.2) is 61.2 Å². The highest BCUT2D eigenvalue weighted by molar-refractivity contribution is 5.97. The van der Waals surface area contributed by atoms with E-state index in [0.29, 0.717) is 16.7 Å². The number of carboxylic acid groups (broad SMARTS) is 1. The molecule has 0 unspecified atom stereocenters. The maximum absolute atomic E-state index is 13.2. The minimum absolute atomic E-state index is 0. The molecule has 6 rings (SSSR count). The van der Waals surface area contributed by atoms with Crippen LogP contribution in [0.4, 0.5) is 8.78 Å². The number of primary amides is 1. The number of nitrogens with zero attached hydrogens (tertiary/aromatic N) is 8. The Balaban J connectivity index is 0.000000216. The summed E-state index contributed by atoms with van der Waals surface area (Å²) in [6.45, 7) is 3.61. The lowest BCUT2D eigenvalue weighted by Crippen LogP contribution is -2.26. The highest BCUT2D eigenvalue weighted by atomic mass is 19.1. The Bertz CT molecular complexity index is 2060. The van der Waals surface area contributed by atoms with Gasteiger partial charge in [-0.2, -0.15) is 29.2 Å². The second-order valence-corrected chi connectivity index (χ2v) is 10.2. The minimum atomic E-state index is -1.25. The van der Waals surface area contributed by atoms with Crippen molar-refractivity contribution in [1.82, 2.24) is 49.8 Å².